The van der Waals surface area contributed by atoms with Crippen LogP contribution in [0.25, 0.3) is 0 Å². The minimum atomic E-state index is -5.13. The van der Waals surface area contributed by atoms with Crippen molar-refractivity contribution in [3.05, 3.63) is 28.8 Å². The van der Waals surface area contributed by atoms with Gasteiger partial charge >= 0.3 is 12.5 Å². The smallest absolute Gasteiger partial charge is 0.451 e. The first kappa shape index (κ1) is 18.8. The Morgan fingerprint density at radius 2 is 2.05 bits per heavy atom. The average Bonchev–Trinajstić information content (AvgIpc) is 2.93. The van der Waals surface area contributed by atoms with E-state index in [-0.39, 0.29) is 17.4 Å². The number of benzene rings is 1. The first-order valence-corrected chi connectivity index (χ1v) is 6.38. The summed E-state index contributed by atoms with van der Waals surface area (Å²) in [7, 11) is 0. The molecule has 1 aliphatic heterocycles. The fourth-order valence-electron chi connectivity index (χ4n) is 1.81. The molecule has 0 bridgehead atoms. The second-order valence-electron chi connectivity index (χ2n) is 4.31. The predicted molar refractivity (Wildman–Crippen MR) is 77.5 cm³/mol. The lowest BCUT2D eigenvalue weighted by Crippen LogP contribution is -2.32. The van der Waals surface area contributed by atoms with Crippen molar-refractivity contribution < 1.29 is 22.3 Å². The first-order chi connectivity index (χ1) is 9.80. The van der Waals surface area contributed by atoms with Crippen LogP contribution in [0.15, 0.2) is 23.2 Å². The van der Waals surface area contributed by atoms with Gasteiger partial charge in [-0.15, -0.1) is 12.4 Å². The highest BCUT2D eigenvalue weighted by Crippen LogP contribution is 2.35. The van der Waals surface area contributed by atoms with Crippen molar-refractivity contribution >= 4 is 29.8 Å². The van der Waals surface area contributed by atoms with Gasteiger partial charge in [0.2, 0.25) is 0 Å². The number of halogens is 6. The van der Waals surface area contributed by atoms with Crippen LogP contribution in [0.2, 0.25) is 5.02 Å². The lowest BCUT2D eigenvalue weighted by molar-refractivity contribution is -0.236. The highest BCUT2D eigenvalue weighted by molar-refractivity contribution is 6.33. The molecule has 124 valence electrons. The van der Waals surface area contributed by atoms with Crippen molar-refractivity contribution in [2.45, 2.75) is 18.6 Å². The molecule has 2 atom stereocenters. The van der Waals surface area contributed by atoms with Crippen LogP contribution in [0.4, 0.5) is 17.6 Å². The van der Waals surface area contributed by atoms with Crippen LogP contribution < -0.4 is 15.8 Å². The van der Waals surface area contributed by atoms with Gasteiger partial charge in [0.05, 0.1) is 17.6 Å². The largest absolute Gasteiger partial charge is 0.457 e. The van der Waals surface area contributed by atoms with Crippen molar-refractivity contribution in [2.24, 2.45) is 10.7 Å². The summed E-state index contributed by atoms with van der Waals surface area (Å²) in [6, 6.07) is 3.30. The van der Waals surface area contributed by atoms with Crippen LogP contribution in [0.5, 0.6) is 5.75 Å². The Morgan fingerprint density at radius 3 is 2.59 bits per heavy atom. The topological polar surface area (TPSA) is 59.6 Å². The Balaban J connectivity index is 0.00000242. The van der Waals surface area contributed by atoms with E-state index in [0.29, 0.717) is 24.5 Å². The quantitative estimate of drug-likeness (QED) is 0.810. The number of nitrogens with two attached hydrogens (primary N) is 1. The summed E-state index contributed by atoms with van der Waals surface area (Å²) in [6.07, 6.45) is -8.58. The molecule has 1 aromatic carbocycles. The molecule has 2 rings (SSSR count). The zero-order chi connectivity index (χ0) is 15.6. The maximum atomic E-state index is 12.9. The van der Waals surface area contributed by atoms with Gasteiger partial charge in [-0.1, -0.05) is 23.7 Å². The molecular formula is C12H13Cl2F4N3O. The Bertz CT molecular complexity index is 554. The lowest BCUT2D eigenvalue weighted by atomic mass is 10.1. The van der Waals surface area contributed by atoms with Crippen LogP contribution >= 0.6 is 24.0 Å². The summed E-state index contributed by atoms with van der Waals surface area (Å²) >= 11 is 5.95. The molecule has 4 nitrogen and oxygen atoms in total. The molecule has 0 aliphatic carbocycles. The Labute approximate surface area is 135 Å². The van der Waals surface area contributed by atoms with Gasteiger partial charge in [0.25, 0.3) is 0 Å². The van der Waals surface area contributed by atoms with E-state index in [1.807, 2.05) is 0 Å². The normalized spacial score (nSPS) is 17.1. The molecule has 10 heteroatoms. The molecule has 3 N–H and O–H groups in total. The number of amidine groups is 1. The fraction of sp³-hybridized carbons (Fsp3) is 0.417. The predicted octanol–water partition coefficient (Wildman–Crippen LogP) is 3.00. The molecule has 22 heavy (non-hydrogen) atoms. The van der Waals surface area contributed by atoms with Crippen molar-refractivity contribution in [3.63, 3.8) is 0 Å². The van der Waals surface area contributed by atoms with Gasteiger partial charge < -0.3 is 15.8 Å². The Morgan fingerprint density at radius 1 is 1.36 bits per heavy atom. The highest BCUT2D eigenvalue weighted by Gasteiger charge is 2.43. The number of rotatable bonds is 4. The van der Waals surface area contributed by atoms with Crippen molar-refractivity contribution in [1.82, 2.24) is 5.32 Å². The molecule has 0 amide bonds. The maximum Gasteiger partial charge on any atom is 0.457 e. The highest BCUT2D eigenvalue weighted by atomic mass is 35.5. The number of nitrogens with zero attached hydrogens (tertiary/aromatic N) is 1. The summed E-state index contributed by atoms with van der Waals surface area (Å²) in [4.78, 5) is 4.11. The molecular weight excluding hydrogens is 349 g/mol. The number of hydrogen-bond acceptors (Lipinski definition) is 4. The molecule has 1 heterocycles. The second kappa shape index (κ2) is 7.34. The Kier molecular flexibility index (Phi) is 6.27. The Hall–Kier alpha value is -1.25. The van der Waals surface area contributed by atoms with Gasteiger partial charge in [-0.05, 0) is 11.6 Å². The first-order valence-electron chi connectivity index (χ1n) is 6.00. The van der Waals surface area contributed by atoms with E-state index in [1.54, 1.807) is 0 Å². The average molecular weight is 362 g/mol. The van der Waals surface area contributed by atoms with E-state index in [0.717, 1.165) is 6.07 Å². The number of hydrogen-bond donors (Lipinski definition) is 2. The summed E-state index contributed by atoms with van der Waals surface area (Å²) in [5, 5.41) is 2.77. The third-order valence-electron chi connectivity index (χ3n) is 2.81. The summed E-state index contributed by atoms with van der Waals surface area (Å²) in [5.74, 6) is 0.0507. The molecule has 1 aliphatic rings. The monoisotopic (exact) mass is 361 g/mol. The van der Waals surface area contributed by atoms with Crippen LogP contribution in [-0.2, 0) is 0 Å². The van der Waals surface area contributed by atoms with Crippen molar-refractivity contribution in [1.29, 1.82) is 0 Å². The van der Waals surface area contributed by atoms with Crippen molar-refractivity contribution in [2.75, 3.05) is 13.1 Å². The molecule has 0 aromatic heterocycles. The molecule has 0 saturated carbocycles. The minimum Gasteiger partial charge on any atom is -0.451 e. The van der Waals surface area contributed by atoms with Crippen LogP contribution in [-0.4, -0.2) is 31.5 Å². The molecule has 1 aromatic rings. The second-order valence-corrected chi connectivity index (χ2v) is 4.68. The maximum absolute atomic E-state index is 12.9. The van der Waals surface area contributed by atoms with Gasteiger partial charge in [-0.3, -0.25) is 4.99 Å². The molecule has 0 spiro atoms. The number of ether oxygens (including phenoxy) is 1. The molecule has 2 unspecified atom stereocenters. The number of nitrogens with one attached hydrogen (secondary N) is 1. The molecule has 0 saturated heterocycles. The molecule has 0 fully saturated rings. The summed E-state index contributed by atoms with van der Waals surface area (Å²) < 4.78 is 53.7. The van der Waals surface area contributed by atoms with E-state index in [9.17, 15) is 17.6 Å². The summed E-state index contributed by atoms with van der Waals surface area (Å²) in [5.41, 5.74) is 6.24. The third kappa shape index (κ3) is 4.15. The summed E-state index contributed by atoms with van der Waals surface area (Å²) in [6.45, 7) is 1.18. The zero-order valence-corrected chi connectivity index (χ0v) is 12.6. The van der Waals surface area contributed by atoms with Gasteiger partial charge in [-0.25, -0.2) is 0 Å². The van der Waals surface area contributed by atoms with Gasteiger partial charge in [0, 0.05) is 6.54 Å². The van der Waals surface area contributed by atoms with Crippen LogP contribution in [0.1, 0.15) is 11.6 Å². The number of aliphatic imine (C=N–C) groups is 1. The van der Waals surface area contributed by atoms with E-state index >= 15 is 0 Å². The van der Waals surface area contributed by atoms with E-state index < -0.39 is 24.3 Å². The van der Waals surface area contributed by atoms with Gasteiger partial charge in [-0.2, -0.15) is 17.6 Å². The molecule has 0 radical (unpaired) electrons. The zero-order valence-electron chi connectivity index (χ0n) is 11.0. The van der Waals surface area contributed by atoms with Gasteiger partial charge in [0.15, 0.2) is 0 Å². The van der Waals surface area contributed by atoms with Gasteiger partial charge in [0.1, 0.15) is 11.6 Å². The lowest BCUT2D eigenvalue weighted by Gasteiger charge is -2.19. The van der Waals surface area contributed by atoms with E-state index in [2.05, 4.69) is 15.0 Å². The fourth-order valence-corrected chi connectivity index (χ4v) is 2.10. The van der Waals surface area contributed by atoms with Crippen LogP contribution in [0, 0.1) is 0 Å². The van der Waals surface area contributed by atoms with E-state index in [4.69, 9.17) is 17.3 Å². The van der Waals surface area contributed by atoms with E-state index in [1.165, 1.54) is 12.1 Å². The van der Waals surface area contributed by atoms with Crippen molar-refractivity contribution in [3.8, 4) is 5.75 Å². The third-order valence-corrected chi connectivity index (χ3v) is 3.22. The van der Waals surface area contributed by atoms with Crippen LogP contribution in [0.3, 0.4) is 0 Å². The SMILES string of the molecule is Cl.NC(C1=NCCN1)c1cccc(OC(F)C(F)(F)F)c1Cl. The number of alkyl halides is 4. The minimum absolute atomic E-state index is 0. The standard InChI is InChI=1S/C12H12ClF4N3O.ClH/c13-8-6(9(18)10-19-4-5-20-10)2-1-3-7(8)21-11(14)12(15,16)17;/h1-3,9,11H,4-5,18H2,(H,19,20);1H.